The van der Waals surface area contributed by atoms with Crippen LogP contribution in [0.2, 0.25) is 15.1 Å². The van der Waals surface area contributed by atoms with E-state index in [1.165, 1.54) is 25.4 Å². The van der Waals surface area contributed by atoms with Crippen molar-refractivity contribution in [3.05, 3.63) is 43.6 Å². The summed E-state index contributed by atoms with van der Waals surface area (Å²) in [5.74, 6) is -0.553. The number of amides is 1. The van der Waals surface area contributed by atoms with Gasteiger partial charge >= 0.3 is 0 Å². The van der Waals surface area contributed by atoms with E-state index in [0.717, 1.165) is 0 Å². The molecule has 2 N–H and O–H groups in total. The Morgan fingerprint density at radius 2 is 2.00 bits per heavy atom. The van der Waals surface area contributed by atoms with E-state index in [1.54, 1.807) is 0 Å². The third kappa shape index (κ3) is 3.41. The molecule has 0 saturated heterocycles. The highest BCUT2D eigenvalue weighted by Gasteiger charge is 2.18. The van der Waals surface area contributed by atoms with E-state index in [0.29, 0.717) is 10.4 Å². The fourth-order valence-corrected chi connectivity index (χ4v) is 2.61. The maximum absolute atomic E-state index is 12.2. The summed E-state index contributed by atoms with van der Waals surface area (Å²) in [6.07, 6.45) is 1.33. The largest absolute Gasteiger partial charge is 0.504 e. The smallest absolute Gasteiger partial charge is 0.257 e. The van der Waals surface area contributed by atoms with Crippen LogP contribution in [0.4, 0.5) is 5.69 Å². The average Bonchev–Trinajstić information content (AvgIpc) is 2.49. The van der Waals surface area contributed by atoms with E-state index in [2.05, 4.69) is 26.2 Å². The lowest BCUT2D eigenvalue weighted by molar-refractivity contribution is 0.102. The molecule has 0 aliphatic carbocycles. The number of carbonyl (C=O) groups excluding carboxylic acids is 1. The van der Waals surface area contributed by atoms with E-state index in [9.17, 15) is 9.90 Å². The van der Waals surface area contributed by atoms with Gasteiger partial charge in [-0.05, 0) is 28.1 Å². The number of phenolic OH excluding ortho intramolecular Hbond substituents is 1. The molecular weight excluding hydrogens is 418 g/mol. The van der Waals surface area contributed by atoms with Crippen LogP contribution < -0.4 is 10.1 Å². The number of aromatic hydroxyl groups is 1. The van der Waals surface area contributed by atoms with Crippen LogP contribution in [0.25, 0.3) is 0 Å². The molecule has 2 rings (SSSR count). The third-order valence-electron chi connectivity index (χ3n) is 2.67. The van der Waals surface area contributed by atoms with E-state index in [4.69, 9.17) is 39.5 Å². The van der Waals surface area contributed by atoms with Gasteiger partial charge in [-0.1, -0.05) is 34.8 Å². The van der Waals surface area contributed by atoms with Crippen molar-refractivity contribution in [2.45, 2.75) is 0 Å². The van der Waals surface area contributed by atoms with Crippen LogP contribution in [0, 0.1) is 0 Å². The molecular formula is C13H8BrCl3N2O3. The summed E-state index contributed by atoms with van der Waals surface area (Å²) in [5, 5.41) is 12.4. The normalized spacial score (nSPS) is 10.4. The number of benzene rings is 1. The molecule has 0 radical (unpaired) electrons. The highest BCUT2D eigenvalue weighted by molar-refractivity contribution is 9.10. The molecule has 0 unspecified atom stereocenters. The number of carbonyl (C=O) groups is 1. The molecule has 0 fully saturated rings. The van der Waals surface area contributed by atoms with Gasteiger partial charge in [-0.3, -0.25) is 4.79 Å². The number of hydrogen-bond donors (Lipinski definition) is 2. The molecule has 0 saturated carbocycles. The van der Waals surface area contributed by atoms with Crippen molar-refractivity contribution in [1.82, 2.24) is 4.98 Å². The lowest BCUT2D eigenvalue weighted by Gasteiger charge is -2.12. The lowest BCUT2D eigenvalue weighted by Crippen LogP contribution is -2.13. The number of nitrogens with one attached hydrogen (secondary N) is 1. The Balaban J connectivity index is 2.38. The number of phenols is 1. The molecule has 0 aliphatic rings. The average molecular weight is 426 g/mol. The SMILES string of the molecule is COc1cc(C(=O)Nc2c(O)c(Cl)cc(Cl)c2Cl)cnc1Br. The highest BCUT2D eigenvalue weighted by atomic mass is 79.9. The summed E-state index contributed by atoms with van der Waals surface area (Å²) in [6, 6.07) is 2.75. The first-order valence-corrected chi connectivity index (χ1v) is 7.65. The topological polar surface area (TPSA) is 71.5 Å². The number of aromatic nitrogens is 1. The van der Waals surface area contributed by atoms with Crippen LogP contribution in [0.5, 0.6) is 11.5 Å². The second kappa shape index (κ2) is 6.91. The minimum atomic E-state index is -0.561. The van der Waals surface area contributed by atoms with Crippen molar-refractivity contribution in [2.24, 2.45) is 0 Å². The number of pyridine rings is 1. The van der Waals surface area contributed by atoms with Crippen molar-refractivity contribution in [3.63, 3.8) is 0 Å². The third-order valence-corrected chi connectivity index (χ3v) is 4.34. The van der Waals surface area contributed by atoms with Gasteiger partial charge in [-0.15, -0.1) is 0 Å². The number of ether oxygens (including phenoxy) is 1. The Morgan fingerprint density at radius 3 is 2.64 bits per heavy atom. The van der Waals surface area contributed by atoms with Gasteiger partial charge in [0.15, 0.2) is 11.5 Å². The summed E-state index contributed by atoms with van der Waals surface area (Å²) >= 11 is 20.8. The van der Waals surface area contributed by atoms with Gasteiger partial charge in [0, 0.05) is 6.20 Å². The predicted molar refractivity (Wildman–Crippen MR) is 89.6 cm³/mol. The Morgan fingerprint density at radius 1 is 1.32 bits per heavy atom. The number of rotatable bonds is 3. The van der Waals surface area contributed by atoms with E-state index < -0.39 is 5.91 Å². The maximum Gasteiger partial charge on any atom is 0.257 e. The zero-order valence-electron chi connectivity index (χ0n) is 11.0. The Kier molecular flexibility index (Phi) is 5.39. The zero-order valence-corrected chi connectivity index (χ0v) is 14.8. The molecule has 1 amide bonds. The monoisotopic (exact) mass is 424 g/mol. The summed E-state index contributed by atoms with van der Waals surface area (Å²) in [4.78, 5) is 16.2. The maximum atomic E-state index is 12.2. The Labute approximate surface area is 149 Å². The minimum absolute atomic E-state index is 0.0195. The van der Waals surface area contributed by atoms with Crippen molar-refractivity contribution in [1.29, 1.82) is 0 Å². The second-order valence-electron chi connectivity index (χ2n) is 4.05. The van der Waals surface area contributed by atoms with Crippen molar-refractivity contribution in [2.75, 3.05) is 12.4 Å². The highest BCUT2D eigenvalue weighted by Crippen LogP contribution is 2.42. The second-order valence-corrected chi connectivity index (χ2v) is 5.99. The van der Waals surface area contributed by atoms with Gasteiger partial charge in [0.05, 0.1) is 27.7 Å². The van der Waals surface area contributed by atoms with Gasteiger partial charge in [-0.2, -0.15) is 0 Å². The van der Waals surface area contributed by atoms with Crippen molar-refractivity contribution >= 4 is 62.3 Å². The van der Waals surface area contributed by atoms with Gasteiger partial charge in [-0.25, -0.2) is 4.98 Å². The number of nitrogens with zero attached hydrogens (tertiary/aromatic N) is 1. The Hall–Kier alpha value is -1.21. The number of halogens is 4. The molecule has 2 aromatic rings. The van der Waals surface area contributed by atoms with Gasteiger partial charge in [0.2, 0.25) is 0 Å². The fourth-order valence-electron chi connectivity index (χ4n) is 1.58. The fraction of sp³-hybridized carbons (Fsp3) is 0.0769. The summed E-state index contributed by atoms with van der Waals surface area (Å²) < 4.78 is 5.52. The van der Waals surface area contributed by atoms with Crippen LogP contribution in [-0.2, 0) is 0 Å². The molecule has 1 heterocycles. The number of hydrogen-bond acceptors (Lipinski definition) is 4. The molecule has 0 atom stereocenters. The van der Waals surface area contributed by atoms with Crippen LogP contribution in [0.1, 0.15) is 10.4 Å². The first-order valence-electron chi connectivity index (χ1n) is 5.72. The zero-order chi connectivity index (χ0) is 16.4. The van der Waals surface area contributed by atoms with E-state index >= 15 is 0 Å². The van der Waals surface area contributed by atoms with Crippen molar-refractivity contribution in [3.8, 4) is 11.5 Å². The van der Waals surface area contributed by atoms with Crippen LogP contribution >= 0.6 is 50.7 Å². The van der Waals surface area contributed by atoms with Gasteiger partial charge in [0.25, 0.3) is 5.91 Å². The minimum Gasteiger partial charge on any atom is -0.504 e. The summed E-state index contributed by atoms with van der Waals surface area (Å²) in [5.41, 5.74) is 0.123. The first-order chi connectivity index (χ1) is 10.3. The van der Waals surface area contributed by atoms with E-state index in [1.807, 2.05) is 0 Å². The standard InChI is InChI=1S/C13H8BrCl3N2O3/c1-22-8-2-5(4-18-12(8)14)13(21)19-10-9(17)6(15)3-7(16)11(10)20/h2-4,20H,1H3,(H,19,21). The predicted octanol–water partition coefficient (Wildman–Crippen LogP) is 4.77. The van der Waals surface area contributed by atoms with Gasteiger partial charge < -0.3 is 15.2 Å². The van der Waals surface area contributed by atoms with Crippen LogP contribution in [-0.4, -0.2) is 23.1 Å². The van der Waals surface area contributed by atoms with Crippen molar-refractivity contribution < 1.29 is 14.6 Å². The number of methoxy groups -OCH3 is 1. The molecule has 116 valence electrons. The quantitative estimate of drug-likeness (QED) is 0.421. The summed E-state index contributed by atoms with van der Waals surface area (Å²) in [6.45, 7) is 0. The molecule has 0 spiro atoms. The summed E-state index contributed by atoms with van der Waals surface area (Å²) in [7, 11) is 1.45. The molecule has 1 aromatic carbocycles. The van der Waals surface area contributed by atoms with Gasteiger partial charge in [0.1, 0.15) is 10.3 Å². The molecule has 22 heavy (non-hydrogen) atoms. The lowest BCUT2D eigenvalue weighted by atomic mass is 10.2. The molecule has 0 aliphatic heterocycles. The Bertz CT molecular complexity index is 730. The molecule has 5 nitrogen and oxygen atoms in total. The molecule has 9 heteroatoms. The van der Waals surface area contributed by atoms with Crippen LogP contribution in [0.15, 0.2) is 22.9 Å². The molecule has 0 bridgehead atoms. The number of anilines is 1. The van der Waals surface area contributed by atoms with E-state index in [-0.39, 0.29) is 32.1 Å². The van der Waals surface area contributed by atoms with Crippen LogP contribution in [0.3, 0.4) is 0 Å². The molecule has 1 aromatic heterocycles. The first kappa shape index (κ1) is 17.1.